The number of rotatable bonds is 6. The maximum absolute atomic E-state index is 14.7. The Morgan fingerprint density at radius 1 is 1.17 bits per heavy atom. The number of amides is 2. The Kier molecular flexibility index (Phi) is 7.86. The zero-order valence-corrected chi connectivity index (χ0v) is 21.3. The van der Waals surface area contributed by atoms with Crippen molar-refractivity contribution >= 4 is 23.3 Å². The summed E-state index contributed by atoms with van der Waals surface area (Å²) in [5.74, 6) is -1.64. The van der Waals surface area contributed by atoms with Gasteiger partial charge in [0.1, 0.15) is 29.7 Å². The summed E-state index contributed by atoms with van der Waals surface area (Å²) in [7, 11) is 1.18. The van der Waals surface area contributed by atoms with E-state index in [1.54, 1.807) is 0 Å². The zero-order valence-electron chi connectivity index (χ0n) is 21.3. The Morgan fingerprint density at radius 2 is 1.88 bits per heavy atom. The fraction of sp³-hybridized carbons (Fsp3) is 0.435. The Hall–Kier alpha value is -4.38. The number of nitrogens with one attached hydrogen (secondary N) is 1. The Morgan fingerprint density at radius 3 is 2.51 bits per heavy atom. The highest BCUT2D eigenvalue weighted by atomic mass is 19.4. The van der Waals surface area contributed by atoms with Gasteiger partial charge < -0.3 is 25.4 Å². The summed E-state index contributed by atoms with van der Waals surface area (Å²) in [5, 5.41) is 6.19. The van der Waals surface area contributed by atoms with Crippen LogP contribution in [0.1, 0.15) is 29.3 Å². The lowest BCUT2D eigenvalue weighted by Gasteiger charge is -2.20. The van der Waals surface area contributed by atoms with Gasteiger partial charge in [0.2, 0.25) is 5.88 Å². The van der Waals surface area contributed by atoms with Crippen LogP contribution in [-0.2, 0) is 10.9 Å². The minimum absolute atomic E-state index is 0.00775. The molecule has 3 aromatic heterocycles. The normalized spacial score (nSPS) is 18.4. The molecule has 1 unspecified atom stereocenters. The van der Waals surface area contributed by atoms with Crippen molar-refractivity contribution in [2.45, 2.75) is 44.0 Å². The number of pyridine rings is 1. The minimum Gasteiger partial charge on any atom is -0.480 e. The number of carbonyl (C=O) groups excluding carboxylic acids is 2. The fourth-order valence-corrected chi connectivity index (χ4v) is 4.32. The van der Waals surface area contributed by atoms with Crippen LogP contribution < -0.4 is 15.8 Å². The molecule has 1 saturated heterocycles. The van der Waals surface area contributed by atoms with Crippen molar-refractivity contribution in [1.29, 1.82) is 0 Å². The number of anilines is 1. The number of fused-ring (bicyclic) bond motifs is 1. The number of nitrogens with two attached hydrogens (primary N) is 1. The van der Waals surface area contributed by atoms with Gasteiger partial charge in [-0.05, 0) is 19.1 Å². The highest BCUT2D eigenvalue weighted by Crippen LogP contribution is 2.39. The molecular formula is C23H22F7N7O4. The predicted octanol–water partition coefficient (Wildman–Crippen LogP) is 3.63. The molecule has 4 rings (SSSR count). The van der Waals surface area contributed by atoms with Gasteiger partial charge in [-0.15, -0.1) is 0 Å². The van der Waals surface area contributed by atoms with Gasteiger partial charge in [-0.2, -0.15) is 31.4 Å². The van der Waals surface area contributed by atoms with Crippen LogP contribution in [0.25, 0.3) is 16.8 Å². The van der Waals surface area contributed by atoms with Crippen molar-refractivity contribution in [3.8, 4) is 17.1 Å². The lowest BCUT2D eigenvalue weighted by atomic mass is 10.1. The van der Waals surface area contributed by atoms with Gasteiger partial charge in [0.25, 0.3) is 5.91 Å². The monoisotopic (exact) mass is 593 g/mol. The first-order valence-corrected chi connectivity index (χ1v) is 11.8. The molecule has 2 amide bonds. The van der Waals surface area contributed by atoms with Gasteiger partial charge in [-0.1, -0.05) is 0 Å². The van der Waals surface area contributed by atoms with E-state index >= 15 is 0 Å². The van der Waals surface area contributed by atoms with Crippen LogP contribution in [0.3, 0.4) is 0 Å². The molecule has 0 aromatic carbocycles. The number of nitrogen functional groups attached to an aromatic ring is 1. The molecule has 0 saturated carbocycles. The number of hydrogen-bond acceptors (Lipinski definition) is 8. The average molecular weight is 593 g/mol. The fourth-order valence-electron chi connectivity index (χ4n) is 4.32. The van der Waals surface area contributed by atoms with Crippen LogP contribution in [0.4, 0.5) is 41.3 Å². The number of likely N-dealkylation sites (tertiary alicyclic amines) is 1. The van der Waals surface area contributed by atoms with Crippen LogP contribution in [0.5, 0.6) is 5.88 Å². The van der Waals surface area contributed by atoms with Crippen LogP contribution in [-0.4, -0.2) is 81.2 Å². The SMILES string of the molecule is COc1ncc(-c2cc(C(F)(F)F)c3c(N)ncnn23)cc1C(=O)N[C@@H]1CN(C(=O)OC(C)CC(F)(F)F)C[C@@H]1F. The number of ether oxygens (including phenoxy) is 2. The summed E-state index contributed by atoms with van der Waals surface area (Å²) >= 11 is 0. The van der Waals surface area contributed by atoms with E-state index in [4.69, 9.17) is 15.2 Å². The van der Waals surface area contributed by atoms with E-state index in [2.05, 4.69) is 20.4 Å². The summed E-state index contributed by atoms with van der Waals surface area (Å²) in [6.07, 6.45) is -13.2. The van der Waals surface area contributed by atoms with Crippen LogP contribution in [0.15, 0.2) is 24.7 Å². The van der Waals surface area contributed by atoms with E-state index in [-0.39, 0.29) is 22.7 Å². The summed E-state index contributed by atoms with van der Waals surface area (Å²) in [5.41, 5.74) is 3.58. The number of hydrogen-bond donors (Lipinski definition) is 2. The molecule has 11 nitrogen and oxygen atoms in total. The van der Waals surface area contributed by atoms with Crippen molar-refractivity contribution < 1.29 is 49.8 Å². The first-order valence-electron chi connectivity index (χ1n) is 11.8. The number of alkyl halides is 7. The second-order valence-electron chi connectivity index (χ2n) is 9.14. The summed E-state index contributed by atoms with van der Waals surface area (Å²) in [6.45, 7) is 0.0516. The number of carbonyl (C=O) groups is 2. The lowest BCUT2D eigenvalue weighted by molar-refractivity contribution is -0.152. The molecule has 0 bridgehead atoms. The van der Waals surface area contributed by atoms with E-state index in [1.807, 2.05) is 0 Å². The summed E-state index contributed by atoms with van der Waals surface area (Å²) in [6, 6.07) is 0.609. The minimum atomic E-state index is -4.82. The number of halogens is 7. The van der Waals surface area contributed by atoms with Crippen LogP contribution in [0, 0.1) is 0 Å². The third-order valence-corrected chi connectivity index (χ3v) is 6.12. The van der Waals surface area contributed by atoms with Crippen molar-refractivity contribution in [2.24, 2.45) is 0 Å². The predicted molar refractivity (Wildman–Crippen MR) is 127 cm³/mol. The van der Waals surface area contributed by atoms with Gasteiger partial charge in [0, 0.05) is 18.3 Å². The highest BCUT2D eigenvalue weighted by Gasteiger charge is 2.40. The lowest BCUT2D eigenvalue weighted by Crippen LogP contribution is -2.42. The van der Waals surface area contributed by atoms with Gasteiger partial charge in [0.15, 0.2) is 5.82 Å². The maximum atomic E-state index is 14.7. The highest BCUT2D eigenvalue weighted by molar-refractivity contribution is 5.98. The first-order chi connectivity index (χ1) is 19.1. The molecule has 0 aliphatic carbocycles. The molecule has 4 heterocycles. The molecule has 222 valence electrons. The Balaban J connectivity index is 1.57. The molecule has 1 aliphatic rings. The molecule has 3 aromatic rings. The van der Waals surface area contributed by atoms with Crippen LogP contribution >= 0.6 is 0 Å². The third kappa shape index (κ3) is 6.35. The third-order valence-electron chi connectivity index (χ3n) is 6.12. The second-order valence-corrected chi connectivity index (χ2v) is 9.14. The van der Waals surface area contributed by atoms with Gasteiger partial charge in [0.05, 0.1) is 37.4 Å². The molecular weight excluding hydrogens is 571 g/mol. The quantitative estimate of drug-likeness (QED) is 0.414. The molecule has 41 heavy (non-hydrogen) atoms. The van der Waals surface area contributed by atoms with E-state index in [1.165, 1.54) is 7.11 Å². The van der Waals surface area contributed by atoms with Crippen LogP contribution in [0.2, 0.25) is 0 Å². The van der Waals surface area contributed by atoms with Gasteiger partial charge in [-0.3, -0.25) is 4.79 Å². The van der Waals surface area contributed by atoms with E-state index in [9.17, 15) is 40.3 Å². The summed E-state index contributed by atoms with van der Waals surface area (Å²) < 4.78 is 104. The number of methoxy groups -OCH3 is 1. The van der Waals surface area contributed by atoms with Crippen molar-refractivity contribution in [1.82, 2.24) is 29.8 Å². The molecule has 3 atom stereocenters. The summed E-state index contributed by atoms with van der Waals surface area (Å²) in [4.78, 5) is 33.7. The standard InChI is InChI=1S/C23H22F7N7O4/c1-10(5-22(25,26)27)41-21(39)36-7-14(24)15(8-36)35-19(38)12-3-11(6-32-20(12)40-2)16-4-13(23(28,29)30)17-18(31)33-9-34-37(16)17/h3-4,6,9-10,14-15H,5,7-8H2,1-2H3,(H,35,38)(H2,31,33,34)/t10?,14-,15+/m0/s1. The zero-order chi connectivity index (χ0) is 30.3. The Labute approximate surface area is 226 Å². The molecule has 0 radical (unpaired) electrons. The van der Waals surface area contributed by atoms with Gasteiger partial charge >= 0.3 is 18.4 Å². The van der Waals surface area contributed by atoms with Crippen molar-refractivity contribution in [2.75, 3.05) is 25.9 Å². The first kappa shape index (κ1) is 29.6. The Bertz CT molecular complexity index is 1460. The van der Waals surface area contributed by atoms with E-state index in [0.29, 0.717) is 0 Å². The van der Waals surface area contributed by atoms with Gasteiger partial charge in [-0.25, -0.2) is 23.7 Å². The number of nitrogens with zero attached hydrogens (tertiary/aromatic N) is 5. The second kappa shape index (κ2) is 10.9. The van der Waals surface area contributed by atoms with E-state index in [0.717, 1.165) is 41.0 Å². The molecule has 3 N–H and O–H groups in total. The largest absolute Gasteiger partial charge is 0.480 e. The average Bonchev–Trinajstić information content (AvgIpc) is 3.44. The maximum Gasteiger partial charge on any atom is 0.418 e. The van der Waals surface area contributed by atoms with Crippen molar-refractivity contribution in [3.63, 3.8) is 0 Å². The molecule has 18 heteroatoms. The van der Waals surface area contributed by atoms with Crippen molar-refractivity contribution in [3.05, 3.63) is 35.8 Å². The molecule has 0 spiro atoms. The molecule has 1 aliphatic heterocycles. The number of aromatic nitrogens is 4. The topological polar surface area (TPSA) is 137 Å². The molecule has 1 fully saturated rings. The smallest absolute Gasteiger partial charge is 0.418 e. The van der Waals surface area contributed by atoms with E-state index < -0.39 is 79.1 Å².